The van der Waals surface area contributed by atoms with Crippen molar-refractivity contribution in [2.24, 2.45) is 5.92 Å². The van der Waals surface area contributed by atoms with E-state index in [4.69, 9.17) is 5.73 Å². The van der Waals surface area contributed by atoms with Gasteiger partial charge in [-0.3, -0.25) is 0 Å². The summed E-state index contributed by atoms with van der Waals surface area (Å²) in [5.74, 6) is -0.0110. The highest BCUT2D eigenvalue weighted by Gasteiger charge is 2.27. The minimum Gasteiger partial charge on any atom is -0.398 e. The molecular formula is C12H17BrN2O3S. The summed E-state index contributed by atoms with van der Waals surface area (Å²) < 4.78 is 27.5. The highest BCUT2D eigenvalue weighted by Crippen LogP contribution is 2.26. The van der Waals surface area contributed by atoms with E-state index in [-0.39, 0.29) is 23.0 Å². The predicted octanol–water partition coefficient (Wildman–Crippen LogP) is 1.47. The van der Waals surface area contributed by atoms with E-state index >= 15 is 0 Å². The maximum atomic E-state index is 12.2. The molecule has 7 heteroatoms. The van der Waals surface area contributed by atoms with Gasteiger partial charge in [-0.05, 0) is 37.0 Å². The average molecular weight is 349 g/mol. The Hall–Kier alpha value is -0.630. The van der Waals surface area contributed by atoms with Gasteiger partial charge in [0.25, 0.3) is 0 Å². The van der Waals surface area contributed by atoms with E-state index in [9.17, 15) is 13.5 Å². The SMILES string of the molecule is Nc1ccc(Br)cc1S(=O)(=O)NCC1CCCC1O. The van der Waals surface area contributed by atoms with Gasteiger partial charge in [0, 0.05) is 11.0 Å². The number of nitrogens with two attached hydrogens (primary N) is 1. The standard InChI is InChI=1S/C12H17BrN2O3S/c13-9-4-5-10(14)12(6-9)19(17,18)15-7-8-2-1-3-11(8)16/h4-6,8,11,15-16H,1-3,7,14H2. The smallest absolute Gasteiger partial charge is 0.242 e. The highest BCUT2D eigenvalue weighted by atomic mass is 79.9. The lowest BCUT2D eigenvalue weighted by Crippen LogP contribution is -2.32. The molecule has 0 radical (unpaired) electrons. The topological polar surface area (TPSA) is 92.4 Å². The molecule has 1 aliphatic carbocycles. The monoisotopic (exact) mass is 348 g/mol. The van der Waals surface area contributed by atoms with Crippen LogP contribution in [0.4, 0.5) is 5.69 Å². The molecule has 0 heterocycles. The van der Waals surface area contributed by atoms with E-state index < -0.39 is 16.1 Å². The number of nitrogen functional groups attached to an aromatic ring is 1. The molecule has 0 amide bonds. The van der Waals surface area contributed by atoms with Gasteiger partial charge in [0.1, 0.15) is 4.90 Å². The second-order valence-corrected chi connectivity index (χ2v) is 7.44. The lowest BCUT2D eigenvalue weighted by atomic mass is 10.1. The largest absolute Gasteiger partial charge is 0.398 e. The second-order valence-electron chi connectivity index (χ2n) is 4.79. The van der Waals surface area contributed by atoms with Crippen molar-refractivity contribution in [1.82, 2.24) is 4.72 Å². The number of halogens is 1. The zero-order chi connectivity index (χ0) is 14.0. The van der Waals surface area contributed by atoms with Crippen molar-refractivity contribution in [3.8, 4) is 0 Å². The summed E-state index contributed by atoms with van der Waals surface area (Å²) in [5, 5.41) is 9.69. The molecule has 1 fully saturated rings. The molecule has 0 spiro atoms. The molecule has 2 atom stereocenters. The number of benzene rings is 1. The first-order valence-corrected chi connectivity index (χ1v) is 8.40. The summed E-state index contributed by atoms with van der Waals surface area (Å²) in [6, 6.07) is 4.71. The minimum atomic E-state index is -3.64. The highest BCUT2D eigenvalue weighted by molar-refractivity contribution is 9.10. The van der Waals surface area contributed by atoms with E-state index in [1.54, 1.807) is 12.1 Å². The van der Waals surface area contributed by atoms with Crippen LogP contribution in [0, 0.1) is 5.92 Å². The van der Waals surface area contributed by atoms with Crippen LogP contribution >= 0.6 is 15.9 Å². The minimum absolute atomic E-state index is 0.0110. The van der Waals surface area contributed by atoms with Gasteiger partial charge in [0.15, 0.2) is 0 Å². The first kappa shape index (κ1) is 14.8. The summed E-state index contributed by atoms with van der Waals surface area (Å²) in [6.45, 7) is 0.245. The predicted molar refractivity (Wildman–Crippen MR) is 77.1 cm³/mol. The van der Waals surface area contributed by atoms with Crippen molar-refractivity contribution < 1.29 is 13.5 Å². The van der Waals surface area contributed by atoms with Gasteiger partial charge >= 0.3 is 0 Å². The van der Waals surface area contributed by atoms with Crippen molar-refractivity contribution in [1.29, 1.82) is 0 Å². The Kier molecular flexibility index (Phi) is 4.50. The number of hydrogen-bond donors (Lipinski definition) is 3. The molecule has 106 valence electrons. The van der Waals surface area contributed by atoms with Crippen LogP contribution in [0.2, 0.25) is 0 Å². The maximum absolute atomic E-state index is 12.2. The second kappa shape index (κ2) is 5.78. The third kappa shape index (κ3) is 3.47. The van der Waals surface area contributed by atoms with Crippen molar-refractivity contribution in [2.45, 2.75) is 30.3 Å². The Labute approximate surface area is 121 Å². The Balaban J connectivity index is 2.12. The van der Waals surface area contributed by atoms with Gasteiger partial charge < -0.3 is 10.8 Å². The number of rotatable bonds is 4. The van der Waals surface area contributed by atoms with E-state index in [0.29, 0.717) is 4.47 Å². The van der Waals surface area contributed by atoms with Crippen molar-refractivity contribution >= 4 is 31.6 Å². The zero-order valence-corrected chi connectivity index (χ0v) is 12.7. The molecule has 1 aromatic rings. The summed E-state index contributed by atoms with van der Waals surface area (Å²) >= 11 is 3.23. The van der Waals surface area contributed by atoms with Gasteiger partial charge in [-0.15, -0.1) is 0 Å². The molecule has 0 bridgehead atoms. The molecule has 0 saturated heterocycles. The number of nitrogens with one attached hydrogen (secondary N) is 1. The van der Waals surface area contributed by atoms with Gasteiger partial charge in [0.05, 0.1) is 11.8 Å². The number of anilines is 1. The quantitative estimate of drug-likeness (QED) is 0.718. The van der Waals surface area contributed by atoms with E-state index in [2.05, 4.69) is 20.7 Å². The molecule has 1 aromatic carbocycles. The van der Waals surface area contributed by atoms with Crippen LogP contribution in [0.1, 0.15) is 19.3 Å². The first-order valence-electron chi connectivity index (χ1n) is 6.13. The van der Waals surface area contributed by atoms with Gasteiger partial charge in [-0.25, -0.2) is 13.1 Å². The number of hydrogen-bond acceptors (Lipinski definition) is 4. The molecule has 2 rings (SSSR count). The van der Waals surface area contributed by atoms with Crippen LogP contribution < -0.4 is 10.5 Å². The van der Waals surface area contributed by atoms with Crippen LogP contribution in [0.15, 0.2) is 27.6 Å². The summed E-state index contributed by atoms with van der Waals surface area (Å²) in [6.07, 6.45) is 2.11. The fourth-order valence-electron chi connectivity index (χ4n) is 2.29. The average Bonchev–Trinajstić information content (AvgIpc) is 2.75. The lowest BCUT2D eigenvalue weighted by Gasteiger charge is -2.16. The van der Waals surface area contributed by atoms with Gasteiger partial charge in [-0.2, -0.15) is 0 Å². The third-order valence-electron chi connectivity index (χ3n) is 3.42. The Morgan fingerprint density at radius 1 is 1.42 bits per heavy atom. The van der Waals surface area contributed by atoms with Crippen LogP contribution in [0.3, 0.4) is 0 Å². The van der Waals surface area contributed by atoms with Gasteiger partial charge in [-0.1, -0.05) is 22.4 Å². The molecule has 5 nitrogen and oxygen atoms in total. The molecule has 4 N–H and O–H groups in total. The lowest BCUT2D eigenvalue weighted by molar-refractivity contribution is 0.134. The van der Waals surface area contributed by atoms with Crippen LogP contribution in [-0.2, 0) is 10.0 Å². The number of aliphatic hydroxyl groups excluding tert-OH is 1. The fourth-order valence-corrected chi connectivity index (χ4v) is 4.05. The summed E-state index contributed by atoms with van der Waals surface area (Å²) in [7, 11) is -3.64. The van der Waals surface area contributed by atoms with E-state index in [0.717, 1.165) is 19.3 Å². The normalized spacial score (nSPS) is 23.7. The Morgan fingerprint density at radius 2 is 2.16 bits per heavy atom. The zero-order valence-electron chi connectivity index (χ0n) is 10.3. The van der Waals surface area contributed by atoms with E-state index in [1.165, 1.54) is 6.07 Å². The number of sulfonamides is 1. The molecule has 1 saturated carbocycles. The Bertz CT molecular complexity index is 562. The van der Waals surface area contributed by atoms with E-state index in [1.807, 2.05) is 0 Å². The number of aliphatic hydroxyl groups is 1. The van der Waals surface area contributed by atoms with Crippen LogP contribution in [-0.4, -0.2) is 26.2 Å². The molecule has 0 aromatic heterocycles. The van der Waals surface area contributed by atoms with Crippen molar-refractivity contribution in [3.05, 3.63) is 22.7 Å². The van der Waals surface area contributed by atoms with Crippen molar-refractivity contribution in [2.75, 3.05) is 12.3 Å². The molecule has 1 aliphatic rings. The first-order chi connectivity index (χ1) is 8.90. The third-order valence-corrected chi connectivity index (χ3v) is 5.39. The van der Waals surface area contributed by atoms with Crippen LogP contribution in [0.25, 0.3) is 0 Å². The Morgan fingerprint density at radius 3 is 2.79 bits per heavy atom. The molecule has 19 heavy (non-hydrogen) atoms. The maximum Gasteiger partial charge on any atom is 0.242 e. The summed E-state index contributed by atoms with van der Waals surface area (Å²) in [4.78, 5) is 0.0642. The molecule has 0 aliphatic heterocycles. The van der Waals surface area contributed by atoms with Crippen molar-refractivity contribution in [3.63, 3.8) is 0 Å². The molecule has 2 unspecified atom stereocenters. The fraction of sp³-hybridized carbons (Fsp3) is 0.500. The van der Waals surface area contributed by atoms with Crippen LogP contribution in [0.5, 0.6) is 0 Å². The molecular weight excluding hydrogens is 332 g/mol. The van der Waals surface area contributed by atoms with Gasteiger partial charge in [0.2, 0.25) is 10.0 Å². The summed E-state index contributed by atoms with van der Waals surface area (Å²) in [5.41, 5.74) is 5.91.